The maximum atomic E-state index is 12.0. The van der Waals surface area contributed by atoms with E-state index in [0.717, 1.165) is 0 Å². The van der Waals surface area contributed by atoms with Crippen LogP contribution in [0.2, 0.25) is 0 Å². The Hall–Kier alpha value is -1.99. The fraction of sp³-hybridized carbons (Fsp3) is 0.462. The number of nitro groups is 1. The van der Waals surface area contributed by atoms with Gasteiger partial charge in [-0.15, -0.1) is 0 Å². The van der Waals surface area contributed by atoms with Crippen molar-refractivity contribution in [3.63, 3.8) is 0 Å². The third-order valence-corrected chi connectivity index (χ3v) is 2.80. The van der Waals surface area contributed by atoms with Crippen molar-refractivity contribution in [3.05, 3.63) is 39.9 Å². The SMILES string of the molecule is COCC(O)CN(C)C(=O)Cc1ccccc1[N+](=O)[O-]. The van der Waals surface area contributed by atoms with Gasteiger partial charge in [-0.1, -0.05) is 18.2 Å². The standard InChI is InChI=1S/C13H18N2O5/c1-14(8-11(16)9-20-2)13(17)7-10-5-3-4-6-12(10)15(18)19/h3-6,11,16H,7-9H2,1-2H3. The monoisotopic (exact) mass is 282 g/mol. The van der Waals surface area contributed by atoms with E-state index in [1.165, 1.54) is 25.1 Å². The van der Waals surface area contributed by atoms with E-state index in [1.807, 2.05) is 0 Å². The number of ether oxygens (including phenoxy) is 1. The van der Waals surface area contributed by atoms with E-state index in [0.29, 0.717) is 5.56 Å². The minimum absolute atomic E-state index is 0.0760. The van der Waals surface area contributed by atoms with E-state index in [1.54, 1.807) is 18.2 Å². The van der Waals surface area contributed by atoms with Gasteiger partial charge in [-0.05, 0) is 0 Å². The van der Waals surface area contributed by atoms with Crippen molar-refractivity contribution in [2.75, 3.05) is 27.3 Å². The minimum atomic E-state index is -0.778. The van der Waals surface area contributed by atoms with Gasteiger partial charge < -0.3 is 14.7 Å². The largest absolute Gasteiger partial charge is 0.389 e. The number of nitrogens with zero attached hydrogens (tertiary/aromatic N) is 2. The second kappa shape index (κ2) is 7.56. The van der Waals surface area contributed by atoms with Crippen LogP contribution >= 0.6 is 0 Å². The number of rotatable bonds is 7. The van der Waals surface area contributed by atoms with Gasteiger partial charge in [0.2, 0.25) is 5.91 Å². The van der Waals surface area contributed by atoms with Crippen molar-refractivity contribution in [2.45, 2.75) is 12.5 Å². The molecule has 1 N–H and O–H groups in total. The van der Waals surface area contributed by atoms with Crippen LogP contribution in [0.25, 0.3) is 0 Å². The summed E-state index contributed by atoms with van der Waals surface area (Å²) < 4.78 is 4.78. The molecule has 1 rings (SSSR count). The molecule has 0 aliphatic heterocycles. The second-order valence-electron chi connectivity index (χ2n) is 4.45. The molecular weight excluding hydrogens is 264 g/mol. The van der Waals surface area contributed by atoms with Gasteiger partial charge in [-0.25, -0.2) is 0 Å². The summed E-state index contributed by atoms with van der Waals surface area (Å²) in [7, 11) is 2.99. The number of carbonyl (C=O) groups is 1. The molecule has 0 saturated heterocycles. The molecule has 0 aliphatic rings. The van der Waals surface area contributed by atoms with Crippen molar-refractivity contribution in [1.29, 1.82) is 0 Å². The Bertz CT molecular complexity index is 478. The molecule has 7 heteroatoms. The average molecular weight is 282 g/mol. The Morgan fingerprint density at radius 1 is 1.50 bits per heavy atom. The lowest BCUT2D eigenvalue weighted by molar-refractivity contribution is -0.385. The number of aliphatic hydroxyl groups excluding tert-OH is 1. The summed E-state index contributed by atoms with van der Waals surface area (Å²) in [6, 6.07) is 6.12. The number of carbonyl (C=O) groups excluding carboxylic acids is 1. The maximum Gasteiger partial charge on any atom is 0.273 e. The predicted octanol–water partition coefficient (Wildman–Crippen LogP) is 0.603. The first-order valence-corrected chi connectivity index (χ1v) is 6.09. The van der Waals surface area contributed by atoms with E-state index >= 15 is 0 Å². The van der Waals surface area contributed by atoms with Crippen LogP contribution in [0.5, 0.6) is 0 Å². The zero-order valence-corrected chi connectivity index (χ0v) is 11.5. The molecule has 0 bridgehead atoms. The lowest BCUT2D eigenvalue weighted by Gasteiger charge is -2.20. The molecule has 0 aliphatic carbocycles. The number of amides is 1. The average Bonchev–Trinajstić information content (AvgIpc) is 2.39. The van der Waals surface area contributed by atoms with Crippen LogP contribution in [0.15, 0.2) is 24.3 Å². The number of methoxy groups -OCH3 is 1. The molecule has 1 unspecified atom stereocenters. The van der Waals surface area contributed by atoms with E-state index in [2.05, 4.69) is 0 Å². The summed E-state index contributed by atoms with van der Waals surface area (Å²) >= 11 is 0. The highest BCUT2D eigenvalue weighted by Gasteiger charge is 2.19. The molecule has 0 spiro atoms. The molecule has 0 fully saturated rings. The summed E-state index contributed by atoms with van der Waals surface area (Å²) in [5.74, 6) is -0.297. The number of benzene rings is 1. The third-order valence-electron chi connectivity index (χ3n) is 2.80. The first-order valence-electron chi connectivity index (χ1n) is 6.09. The molecule has 0 saturated carbocycles. The molecule has 1 amide bonds. The molecule has 1 aromatic rings. The molecule has 110 valence electrons. The number of aliphatic hydroxyl groups is 1. The summed E-state index contributed by atoms with van der Waals surface area (Å²) in [6.45, 7) is 0.246. The summed E-state index contributed by atoms with van der Waals surface area (Å²) in [5.41, 5.74) is 0.280. The van der Waals surface area contributed by atoms with Crippen molar-refractivity contribution >= 4 is 11.6 Å². The smallest absolute Gasteiger partial charge is 0.273 e. The van der Waals surface area contributed by atoms with Gasteiger partial charge in [0.15, 0.2) is 0 Å². The fourth-order valence-corrected chi connectivity index (χ4v) is 1.80. The van der Waals surface area contributed by atoms with Crippen LogP contribution < -0.4 is 0 Å². The van der Waals surface area contributed by atoms with Gasteiger partial charge >= 0.3 is 0 Å². The molecule has 1 aromatic carbocycles. The molecule has 20 heavy (non-hydrogen) atoms. The van der Waals surface area contributed by atoms with Crippen LogP contribution in [-0.4, -0.2) is 54.3 Å². The molecular formula is C13H18N2O5. The van der Waals surface area contributed by atoms with Crippen molar-refractivity contribution in [2.24, 2.45) is 0 Å². The van der Waals surface area contributed by atoms with Crippen LogP contribution in [0.1, 0.15) is 5.56 Å². The minimum Gasteiger partial charge on any atom is -0.389 e. The van der Waals surface area contributed by atoms with Crippen LogP contribution in [0, 0.1) is 10.1 Å². The van der Waals surface area contributed by atoms with E-state index in [-0.39, 0.29) is 31.2 Å². The molecule has 7 nitrogen and oxygen atoms in total. The molecule has 0 aromatic heterocycles. The Morgan fingerprint density at radius 3 is 2.75 bits per heavy atom. The van der Waals surface area contributed by atoms with Crippen LogP contribution in [0.4, 0.5) is 5.69 Å². The summed E-state index contributed by atoms with van der Waals surface area (Å²) in [6.07, 6.45) is -0.854. The first kappa shape index (κ1) is 16.1. The fourth-order valence-electron chi connectivity index (χ4n) is 1.80. The number of para-hydroxylation sites is 1. The van der Waals surface area contributed by atoms with Crippen molar-refractivity contribution in [1.82, 2.24) is 4.90 Å². The Labute approximate surface area is 116 Å². The first-order chi connectivity index (χ1) is 9.45. The topological polar surface area (TPSA) is 92.9 Å². The molecule has 0 heterocycles. The lowest BCUT2D eigenvalue weighted by atomic mass is 10.1. The van der Waals surface area contributed by atoms with Crippen LogP contribution in [-0.2, 0) is 16.0 Å². The van der Waals surface area contributed by atoms with Crippen LogP contribution in [0.3, 0.4) is 0 Å². The number of nitro benzene ring substituents is 1. The normalized spacial score (nSPS) is 11.9. The van der Waals surface area contributed by atoms with Gasteiger partial charge in [-0.3, -0.25) is 14.9 Å². The highest BCUT2D eigenvalue weighted by atomic mass is 16.6. The van der Waals surface area contributed by atoms with Gasteiger partial charge in [0.1, 0.15) is 0 Å². The Morgan fingerprint density at radius 2 is 2.15 bits per heavy atom. The molecule has 1 atom stereocenters. The lowest BCUT2D eigenvalue weighted by Crippen LogP contribution is -2.37. The van der Waals surface area contributed by atoms with Gasteiger partial charge in [0, 0.05) is 32.3 Å². The molecule has 0 radical (unpaired) electrons. The summed E-state index contributed by atoms with van der Waals surface area (Å²) in [5, 5.41) is 20.4. The Kier molecular flexibility index (Phi) is 6.08. The summed E-state index contributed by atoms with van der Waals surface area (Å²) in [4.78, 5) is 23.7. The highest BCUT2D eigenvalue weighted by Crippen LogP contribution is 2.18. The van der Waals surface area contributed by atoms with E-state index in [4.69, 9.17) is 4.74 Å². The van der Waals surface area contributed by atoms with Gasteiger partial charge in [0.05, 0.1) is 24.1 Å². The van der Waals surface area contributed by atoms with Gasteiger partial charge in [-0.2, -0.15) is 0 Å². The maximum absolute atomic E-state index is 12.0. The van der Waals surface area contributed by atoms with Gasteiger partial charge in [0.25, 0.3) is 5.69 Å². The number of hydrogen-bond acceptors (Lipinski definition) is 5. The predicted molar refractivity (Wildman–Crippen MR) is 72.3 cm³/mol. The Balaban J connectivity index is 2.68. The second-order valence-corrected chi connectivity index (χ2v) is 4.45. The van der Waals surface area contributed by atoms with E-state index in [9.17, 15) is 20.0 Å². The van der Waals surface area contributed by atoms with E-state index < -0.39 is 11.0 Å². The number of hydrogen-bond donors (Lipinski definition) is 1. The quantitative estimate of drug-likeness (QED) is 0.584. The van der Waals surface area contributed by atoms with Crippen molar-refractivity contribution in [3.8, 4) is 0 Å². The third kappa shape index (κ3) is 4.60. The van der Waals surface area contributed by atoms with Crippen molar-refractivity contribution < 1.29 is 19.6 Å². The zero-order chi connectivity index (χ0) is 15.1. The zero-order valence-electron chi connectivity index (χ0n) is 11.5. The number of likely N-dealkylation sites (N-methyl/N-ethyl adjacent to an activating group) is 1. The highest BCUT2D eigenvalue weighted by molar-refractivity contribution is 5.79.